The molecule has 0 bridgehead atoms. The van der Waals surface area contributed by atoms with Gasteiger partial charge in [-0.05, 0) is 24.5 Å². The summed E-state index contributed by atoms with van der Waals surface area (Å²) in [4.78, 5) is 14.2. The number of amides is 1. The summed E-state index contributed by atoms with van der Waals surface area (Å²) in [6.45, 7) is 6.53. The molecule has 2 heterocycles. The molecule has 0 saturated carbocycles. The molecule has 1 amide bonds. The summed E-state index contributed by atoms with van der Waals surface area (Å²) < 4.78 is 38.1. The van der Waals surface area contributed by atoms with E-state index in [0.29, 0.717) is 63.2 Å². The molecule has 144 valence electrons. The van der Waals surface area contributed by atoms with Gasteiger partial charge in [-0.3, -0.25) is 4.79 Å². The molecule has 2 aliphatic heterocycles. The van der Waals surface area contributed by atoms with Crippen LogP contribution >= 0.6 is 0 Å². The second kappa shape index (κ2) is 7.84. The highest BCUT2D eigenvalue weighted by molar-refractivity contribution is 7.89. The van der Waals surface area contributed by atoms with Crippen molar-refractivity contribution >= 4 is 15.9 Å². The highest BCUT2D eigenvalue weighted by atomic mass is 32.2. The number of sulfonamides is 1. The Hall–Kier alpha value is -1.80. The molecule has 8 heteroatoms. The molecule has 0 spiro atoms. The summed E-state index contributed by atoms with van der Waals surface area (Å²) in [6, 6.07) is 4.69. The summed E-state index contributed by atoms with van der Waals surface area (Å²) >= 11 is 0. The molecule has 0 N–H and O–H groups in total. The first-order valence-electron chi connectivity index (χ1n) is 9.05. The molecule has 0 unspecified atom stereocenters. The van der Waals surface area contributed by atoms with E-state index >= 15 is 0 Å². The molecule has 26 heavy (non-hydrogen) atoms. The fourth-order valence-electron chi connectivity index (χ4n) is 3.08. The van der Waals surface area contributed by atoms with E-state index in [0.717, 1.165) is 6.42 Å². The van der Waals surface area contributed by atoms with Gasteiger partial charge in [0.15, 0.2) is 11.5 Å². The number of hydrogen-bond acceptors (Lipinski definition) is 5. The van der Waals surface area contributed by atoms with Crippen LogP contribution in [0.5, 0.6) is 11.5 Å². The normalized spacial score (nSPS) is 18.2. The number of benzene rings is 1. The number of fused-ring (bicyclic) bond motifs is 1. The van der Waals surface area contributed by atoms with E-state index in [-0.39, 0.29) is 10.8 Å². The highest BCUT2D eigenvalue weighted by Gasteiger charge is 2.31. The molecule has 0 atom stereocenters. The van der Waals surface area contributed by atoms with Gasteiger partial charge in [0.2, 0.25) is 15.9 Å². The largest absolute Gasteiger partial charge is 0.486 e. The Morgan fingerprint density at radius 2 is 1.73 bits per heavy atom. The summed E-state index contributed by atoms with van der Waals surface area (Å²) in [5.74, 6) is 1.61. The number of rotatable bonds is 5. The van der Waals surface area contributed by atoms with Crippen LogP contribution in [-0.4, -0.2) is 62.9 Å². The van der Waals surface area contributed by atoms with Crippen LogP contribution in [0.1, 0.15) is 26.7 Å². The topological polar surface area (TPSA) is 76.2 Å². The zero-order valence-electron chi connectivity index (χ0n) is 15.3. The molecule has 7 nitrogen and oxygen atoms in total. The highest BCUT2D eigenvalue weighted by Crippen LogP contribution is 2.33. The smallest absolute Gasteiger partial charge is 0.243 e. The minimum atomic E-state index is -3.61. The van der Waals surface area contributed by atoms with Gasteiger partial charge in [-0.25, -0.2) is 8.42 Å². The van der Waals surface area contributed by atoms with Crippen molar-refractivity contribution in [3.05, 3.63) is 18.2 Å². The summed E-state index contributed by atoms with van der Waals surface area (Å²) in [7, 11) is -3.61. The van der Waals surface area contributed by atoms with Crippen molar-refractivity contribution in [2.75, 3.05) is 39.4 Å². The van der Waals surface area contributed by atoms with E-state index in [2.05, 4.69) is 13.8 Å². The lowest BCUT2D eigenvalue weighted by Crippen LogP contribution is -2.50. The lowest BCUT2D eigenvalue weighted by molar-refractivity contribution is -0.132. The van der Waals surface area contributed by atoms with Crippen LogP contribution < -0.4 is 9.47 Å². The van der Waals surface area contributed by atoms with Gasteiger partial charge < -0.3 is 14.4 Å². The molecule has 1 aromatic rings. The molecular weight excluding hydrogens is 356 g/mol. The van der Waals surface area contributed by atoms with Gasteiger partial charge in [0.05, 0.1) is 4.90 Å². The van der Waals surface area contributed by atoms with Crippen LogP contribution in [0.15, 0.2) is 23.1 Å². The monoisotopic (exact) mass is 382 g/mol. The lowest BCUT2D eigenvalue weighted by Gasteiger charge is -2.34. The first-order valence-corrected chi connectivity index (χ1v) is 10.5. The molecule has 3 rings (SSSR count). The van der Waals surface area contributed by atoms with E-state index < -0.39 is 10.0 Å². The summed E-state index contributed by atoms with van der Waals surface area (Å²) in [6.07, 6.45) is 1.38. The van der Waals surface area contributed by atoms with Crippen LogP contribution in [0.3, 0.4) is 0 Å². The number of carbonyl (C=O) groups excluding carboxylic acids is 1. The Bertz CT molecular complexity index is 755. The maximum Gasteiger partial charge on any atom is 0.243 e. The van der Waals surface area contributed by atoms with Gasteiger partial charge >= 0.3 is 0 Å². The SMILES string of the molecule is CC(C)CCC(=O)N1CCN(S(=O)(=O)c2ccc3c(c2)OCCO3)CC1. The van der Waals surface area contributed by atoms with Crippen LogP contribution in [0, 0.1) is 5.92 Å². The second-order valence-electron chi connectivity index (χ2n) is 7.02. The Morgan fingerprint density at radius 3 is 2.38 bits per heavy atom. The molecule has 0 aliphatic carbocycles. The van der Waals surface area contributed by atoms with Gasteiger partial charge in [-0.2, -0.15) is 4.31 Å². The van der Waals surface area contributed by atoms with Crippen molar-refractivity contribution in [1.82, 2.24) is 9.21 Å². The van der Waals surface area contributed by atoms with Crippen molar-refractivity contribution in [1.29, 1.82) is 0 Å². The van der Waals surface area contributed by atoms with Gasteiger partial charge in [-0.15, -0.1) is 0 Å². The molecule has 0 radical (unpaired) electrons. The van der Waals surface area contributed by atoms with Crippen molar-refractivity contribution in [3.63, 3.8) is 0 Å². The van der Waals surface area contributed by atoms with Crippen LogP contribution in [0.4, 0.5) is 0 Å². The quantitative estimate of drug-likeness (QED) is 0.775. The average molecular weight is 382 g/mol. The van der Waals surface area contributed by atoms with E-state index in [1.807, 2.05) is 0 Å². The third-order valence-corrected chi connectivity index (χ3v) is 6.57. The molecule has 0 aromatic heterocycles. The van der Waals surface area contributed by atoms with Crippen LogP contribution in [0.25, 0.3) is 0 Å². The molecule has 2 aliphatic rings. The Kier molecular flexibility index (Phi) is 5.72. The molecule has 1 aromatic carbocycles. The van der Waals surface area contributed by atoms with Crippen molar-refractivity contribution < 1.29 is 22.7 Å². The number of piperazine rings is 1. The van der Waals surface area contributed by atoms with E-state index in [1.165, 1.54) is 10.4 Å². The fourth-order valence-corrected chi connectivity index (χ4v) is 4.52. The first kappa shape index (κ1) is 19.0. The summed E-state index contributed by atoms with van der Waals surface area (Å²) in [5, 5.41) is 0. The molecule has 1 fully saturated rings. The molecular formula is C18H26N2O5S. The standard InChI is InChI=1S/C18H26N2O5S/c1-14(2)3-6-18(21)19-7-9-20(10-8-19)26(22,23)15-4-5-16-17(13-15)25-12-11-24-16/h4-5,13-14H,3,6-12H2,1-2H3. The Balaban J connectivity index is 1.64. The predicted molar refractivity (Wildman–Crippen MR) is 96.8 cm³/mol. The average Bonchev–Trinajstić information content (AvgIpc) is 2.65. The number of hydrogen-bond donors (Lipinski definition) is 0. The summed E-state index contributed by atoms with van der Waals surface area (Å²) in [5.41, 5.74) is 0. The van der Waals surface area contributed by atoms with Crippen LogP contribution in [-0.2, 0) is 14.8 Å². The number of carbonyl (C=O) groups is 1. The van der Waals surface area contributed by atoms with Crippen molar-refractivity contribution in [2.24, 2.45) is 5.92 Å². The fraction of sp³-hybridized carbons (Fsp3) is 0.611. The maximum absolute atomic E-state index is 12.9. The Morgan fingerprint density at radius 1 is 1.08 bits per heavy atom. The molecule has 1 saturated heterocycles. The zero-order valence-corrected chi connectivity index (χ0v) is 16.1. The minimum Gasteiger partial charge on any atom is -0.486 e. The first-order chi connectivity index (χ1) is 12.4. The van der Waals surface area contributed by atoms with Crippen molar-refractivity contribution in [3.8, 4) is 11.5 Å². The van der Waals surface area contributed by atoms with E-state index in [1.54, 1.807) is 17.0 Å². The van der Waals surface area contributed by atoms with Gasteiger partial charge in [0.25, 0.3) is 0 Å². The predicted octanol–water partition coefficient (Wildman–Crippen LogP) is 1.73. The maximum atomic E-state index is 12.9. The van der Waals surface area contributed by atoms with Crippen molar-refractivity contribution in [2.45, 2.75) is 31.6 Å². The third-order valence-electron chi connectivity index (χ3n) is 4.68. The third kappa shape index (κ3) is 4.12. The second-order valence-corrected chi connectivity index (χ2v) is 8.96. The minimum absolute atomic E-state index is 0.107. The Labute approximate surface area is 154 Å². The lowest BCUT2D eigenvalue weighted by atomic mass is 10.1. The van der Waals surface area contributed by atoms with Gasteiger partial charge in [0, 0.05) is 38.7 Å². The van der Waals surface area contributed by atoms with E-state index in [4.69, 9.17) is 9.47 Å². The van der Waals surface area contributed by atoms with Crippen LogP contribution in [0.2, 0.25) is 0 Å². The van der Waals surface area contributed by atoms with E-state index in [9.17, 15) is 13.2 Å². The van der Waals surface area contributed by atoms with Gasteiger partial charge in [-0.1, -0.05) is 13.8 Å². The van der Waals surface area contributed by atoms with Gasteiger partial charge in [0.1, 0.15) is 13.2 Å². The number of ether oxygens (including phenoxy) is 2. The number of nitrogens with zero attached hydrogens (tertiary/aromatic N) is 2. The zero-order chi connectivity index (χ0) is 18.7.